The summed E-state index contributed by atoms with van der Waals surface area (Å²) >= 11 is 5.05. The third-order valence-electron chi connectivity index (χ3n) is 2.74. The highest BCUT2D eigenvalue weighted by Gasteiger charge is 2.25. The van der Waals surface area contributed by atoms with Gasteiger partial charge in [-0.25, -0.2) is 0 Å². The predicted molar refractivity (Wildman–Crippen MR) is 62.5 cm³/mol. The van der Waals surface area contributed by atoms with E-state index in [1.165, 1.54) is 12.8 Å². The number of hydrogen-bond donors (Lipinski definition) is 1. The molecule has 1 saturated heterocycles. The van der Waals surface area contributed by atoms with Crippen molar-refractivity contribution in [3.63, 3.8) is 0 Å². The van der Waals surface area contributed by atoms with Gasteiger partial charge in [0.25, 0.3) is 0 Å². The summed E-state index contributed by atoms with van der Waals surface area (Å²) in [5.74, 6) is 0. The maximum absolute atomic E-state index is 5.68. The van der Waals surface area contributed by atoms with Crippen LogP contribution in [0.5, 0.6) is 0 Å². The van der Waals surface area contributed by atoms with Crippen LogP contribution in [-0.4, -0.2) is 42.7 Å². The van der Waals surface area contributed by atoms with Crippen LogP contribution in [0, 0.1) is 0 Å². The molecule has 0 amide bonds. The lowest BCUT2D eigenvalue weighted by atomic mass is 10.2. The molecule has 1 aliphatic heterocycles. The summed E-state index contributed by atoms with van der Waals surface area (Å²) < 4.78 is 5.01. The van der Waals surface area contributed by atoms with Crippen LogP contribution in [-0.2, 0) is 4.74 Å². The number of ether oxygens (including phenoxy) is 1. The maximum Gasteiger partial charge on any atom is 0.0902 e. The van der Waals surface area contributed by atoms with E-state index in [0.29, 0.717) is 11.0 Å². The van der Waals surface area contributed by atoms with Crippen LogP contribution in [0.15, 0.2) is 0 Å². The zero-order chi connectivity index (χ0) is 10.4. The van der Waals surface area contributed by atoms with Crippen LogP contribution in [0.1, 0.15) is 25.7 Å². The van der Waals surface area contributed by atoms with Gasteiger partial charge in [0.2, 0.25) is 0 Å². The Morgan fingerprint density at radius 3 is 3.00 bits per heavy atom. The monoisotopic (exact) mass is 216 g/mol. The first-order valence-corrected chi connectivity index (χ1v) is 5.69. The minimum absolute atomic E-state index is 0.354. The summed E-state index contributed by atoms with van der Waals surface area (Å²) in [7, 11) is 1.74. The van der Waals surface area contributed by atoms with E-state index in [0.717, 1.165) is 32.5 Å². The minimum Gasteiger partial charge on any atom is -0.392 e. The molecule has 2 N–H and O–H groups in total. The van der Waals surface area contributed by atoms with Crippen molar-refractivity contribution in [1.29, 1.82) is 0 Å². The van der Waals surface area contributed by atoms with Gasteiger partial charge in [0.05, 0.1) is 11.0 Å². The van der Waals surface area contributed by atoms with Gasteiger partial charge in [-0.15, -0.1) is 0 Å². The van der Waals surface area contributed by atoms with Gasteiger partial charge >= 0.3 is 0 Å². The van der Waals surface area contributed by atoms with Gasteiger partial charge in [0.15, 0.2) is 0 Å². The minimum atomic E-state index is 0.354. The van der Waals surface area contributed by atoms with Crippen LogP contribution in [0.4, 0.5) is 0 Å². The van der Waals surface area contributed by atoms with Crippen molar-refractivity contribution in [3.05, 3.63) is 0 Å². The molecule has 1 rings (SSSR count). The molecule has 0 aromatic rings. The molecule has 0 bridgehead atoms. The molecule has 82 valence electrons. The fraction of sp³-hybridized carbons (Fsp3) is 0.900. The van der Waals surface area contributed by atoms with Crippen LogP contribution in [0.25, 0.3) is 0 Å². The van der Waals surface area contributed by atoms with E-state index in [1.54, 1.807) is 7.11 Å². The Kier molecular flexibility index (Phi) is 5.37. The van der Waals surface area contributed by atoms with Gasteiger partial charge in [0.1, 0.15) is 0 Å². The predicted octanol–water partition coefficient (Wildman–Crippen LogP) is 1.16. The summed E-state index contributed by atoms with van der Waals surface area (Å²) in [5, 5.41) is 0. The van der Waals surface area contributed by atoms with E-state index in [4.69, 9.17) is 22.7 Å². The number of nitrogens with zero attached hydrogens (tertiary/aromatic N) is 1. The van der Waals surface area contributed by atoms with Crippen molar-refractivity contribution in [1.82, 2.24) is 4.90 Å². The fourth-order valence-electron chi connectivity index (χ4n) is 1.98. The Balaban J connectivity index is 2.19. The third-order valence-corrected chi connectivity index (χ3v) is 3.01. The van der Waals surface area contributed by atoms with E-state index in [-0.39, 0.29) is 0 Å². The van der Waals surface area contributed by atoms with Crippen LogP contribution in [0.3, 0.4) is 0 Å². The third kappa shape index (κ3) is 3.52. The second-order valence-electron chi connectivity index (χ2n) is 3.80. The number of thiocarbonyl (C=S) groups is 1. The normalized spacial score (nSPS) is 22.8. The lowest BCUT2D eigenvalue weighted by Gasteiger charge is -2.23. The van der Waals surface area contributed by atoms with Crippen LogP contribution < -0.4 is 5.73 Å². The summed E-state index contributed by atoms with van der Waals surface area (Å²) in [6, 6.07) is 0.354. The van der Waals surface area contributed by atoms with E-state index in [9.17, 15) is 0 Å². The Morgan fingerprint density at radius 2 is 2.36 bits per heavy atom. The molecule has 1 atom stereocenters. The van der Waals surface area contributed by atoms with Crippen molar-refractivity contribution in [2.24, 2.45) is 5.73 Å². The van der Waals surface area contributed by atoms with Crippen molar-refractivity contribution in [2.45, 2.75) is 31.7 Å². The van der Waals surface area contributed by atoms with Crippen LogP contribution >= 0.6 is 12.2 Å². The first kappa shape index (κ1) is 11.9. The molecule has 1 heterocycles. The number of rotatable bonds is 6. The van der Waals surface area contributed by atoms with E-state index < -0.39 is 0 Å². The van der Waals surface area contributed by atoms with Gasteiger partial charge in [-0.2, -0.15) is 0 Å². The SMILES string of the molecule is COCCCCN1CCCC1C(N)=S. The number of nitrogens with two attached hydrogens (primary N) is 1. The summed E-state index contributed by atoms with van der Waals surface area (Å²) in [6.07, 6.45) is 4.66. The van der Waals surface area contributed by atoms with Gasteiger partial charge in [-0.1, -0.05) is 12.2 Å². The second kappa shape index (κ2) is 6.32. The molecule has 0 radical (unpaired) electrons. The molecule has 4 heteroatoms. The molecule has 0 aromatic carbocycles. The maximum atomic E-state index is 5.68. The molecular formula is C10H20N2OS. The van der Waals surface area contributed by atoms with Gasteiger partial charge in [0, 0.05) is 13.7 Å². The zero-order valence-corrected chi connectivity index (χ0v) is 9.68. The number of methoxy groups -OCH3 is 1. The van der Waals surface area contributed by atoms with Crippen molar-refractivity contribution < 1.29 is 4.74 Å². The molecule has 3 nitrogen and oxygen atoms in total. The lowest BCUT2D eigenvalue weighted by molar-refractivity contribution is 0.185. The largest absolute Gasteiger partial charge is 0.392 e. The average molecular weight is 216 g/mol. The lowest BCUT2D eigenvalue weighted by Crippen LogP contribution is -2.39. The quantitative estimate of drug-likeness (QED) is 0.534. The van der Waals surface area contributed by atoms with E-state index in [1.807, 2.05) is 0 Å². The van der Waals surface area contributed by atoms with Gasteiger partial charge in [-0.3, -0.25) is 4.90 Å². The highest BCUT2D eigenvalue weighted by Crippen LogP contribution is 2.17. The standard InChI is InChI=1S/C10H20N2OS/c1-13-8-3-2-6-12-7-4-5-9(12)10(11)14/h9H,2-8H2,1H3,(H2,11,14). The highest BCUT2D eigenvalue weighted by molar-refractivity contribution is 7.80. The van der Waals surface area contributed by atoms with E-state index >= 15 is 0 Å². The average Bonchev–Trinajstić information content (AvgIpc) is 2.60. The second-order valence-corrected chi connectivity index (χ2v) is 4.27. The fourth-order valence-corrected chi connectivity index (χ4v) is 2.24. The summed E-state index contributed by atoms with van der Waals surface area (Å²) in [6.45, 7) is 3.10. The molecular weight excluding hydrogens is 196 g/mol. The Hall–Kier alpha value is -0.190. The first-order chi connectivity index (χ1) is 6.75. The zero-order valence-electron chi connectivity index (χ0n) is 8.87. The molecule has 1 aliphatic rings. The molecule has 1 fully saturated rings. The van der Waals surface area contributed by atoms with Gasteiger partial charge < -0.3 is 10.5 Å². The highest BCUT2D eigenvalue weighted by atomic mass is 32.1. The smallest absolute Gasteiger partial charge is 0.0902 e. The number of likely N-dealkylation sites (tertiary alicyclic amines) is 1. The van der Waals surface area contributed by atoms with Crippen molar-refractivity contribution in [2.75, 3.05) is 26.8 Å². The topological polar surface area (TPSA) is 38.5 Å². The first-order valence-electron chi connectivity index (χ1n) is 5.28. The Bertz CT molecular complexity index is 187. The molecule has 14 heavy (non-hydrogen) atoms. The molecule has 0 aromatic heterocycles. The summed E-state index contributed by atoms with van der Waals surface area (Å²) in [5.41, 5.74) is 5.68. The Morgan fingerprint density at radius 1 is 1.57 bits per heavy atom. The molecule has 0 spiro atoms. The molecule has 0 saturated carbocycles. The van der Waals surface area contributed by atoms with Gasteiger partial charge in [-0.05, 0) is 38.8 Å². The van der Waals surface area contributed by atoms with Crippen molar-refractivity contribution in [3.8, 4) is 0 Å². The summed E-state index contributed by atoms with van der Waals surface area (Å²) in [4.78, 5) is 3.06. The number of hydrogen-bond acceptors (Lipinski definition) is 3. The van der Waals surface area contributed by atoms with Crippen molar-refractivity contribution >= 4 is 17.2 Å². The number of unbranched alkanes of at least 4 members (excludes halogenated alkanes) is 1. The molecule has 0 aliphatic carbocycles. The molecule has 1 unspecified atom stereocenters. The van der Waals surface area contributed by atoms with E-state index in [2.05, 4.69) is 4.90 Å². The Labute approximate surface area is 91.6 Å². The van der Waals surface area contributed by atoms with Crippen LogP contribution in [0.2, 0.25) is 0 Å².